The van der Waals surface area contributed by atoms with Crippen LogP contribution in [0.25, 0.3) is 0 Å². The summed E-state index contributed by atoms with van der Waals surface area (Å²) >= 11 is 0. The molecule has 0 aliphatic carbocycles. The number of rotatable bonds is 0. The first-order valence-corrected chi connectivity index (χ1v) is 3.51. The highest BCUT2D eigenvalue weighted by atomic mass is 16.7. The van der Waals surface area contributed by atoms with Gasteiger partial charge in [-0.2, -0.15) is 0 Å². The monoisotopic (exact) mass is 176 g/mol. The highest BCUT2D eigenvalue weighted by molar-refractivity contribution is 5.81. The topological polar surface area (TPSA) is 96.2 Å². The van der Waals surface area contributed by atoms with Crippen LogP contribution >= 0.6 is 0 Å². The smallest absolute Gasteiger partial charge is 0.339 e. The Hall–Kier alpha value is -0.690. The van der Waals surface area contributed by atoms with Crippen molar-refractivity contribution in [2.45, 2.75) is 30.7 Å². The van der Waals surface area contributed by atoms with Crippen LogP contribution in [0.4, 0.5) is 0 Å². The van der Waals surface area contributed by atoms with E-state index in [4.69, 9.17) is 10.2 Å². The molecule has 2 rings (SSSR count). The molecule has 0 radical (unpaired) electrons. The van der Waals surface area contributed by atoms with Crippen molar-refractivity contribution in [3.8, 4) is 0 Å². The van der Waals surface area contributed by atoms with Crippen molar-refractivity contribution >= 4 is 5.97 Å². The summed E-state index contributed by atoms with van der Waals surface area (Å²) in [7, 11) is 0. The lowest BCUT2D eigenvalue weighted by Crippen LogP contribution is -2.67. The third-order valence-corrected chi connectivity index (χ3v) is 2.05. The molecule has 2 aliphatic rings. The number of aliphatic hydroxyl groups is 3. The highest BCUT2D eigenvalue weighted by Gasteiger charge is 2.56. The summed E-state index contributed by atoms with van der Waals surface area (Å²) in [6, 6.07) is 0. The van der Waals surface area contributed by atoms with Gasteiger partial charge in [-0.3, -0.25) is 0 Å². The van der Waals surface area contributed by atoms with E-state index in [9.17, 15) is 9.90 Å². The average Bonchev–Trinajstić information content (AvgIpc) is 2.05. The number of hydrogen-bond donors (Lipinski definition) is 3. The van der Waals surface area contributed by atoms with E-state index in [2.05, 4.69) is 9.47 Å². The molecule has 68 valence electrons. The normalized spacial score (nSPS) is 52.2. The molecular formula is C6H8O6. The van der Waals surface area contributed by atoms with Gasteiger partial charge in [-0.05, 0) is 0 Å². The standard InChI is InChI=1S/C6H8O6/c7-1-2(8)5(9)12-4-3(1)11-6(4)10/h1-5,7-9H/t1-,2+,3+,4+,5-/m1/s1. The van der Waals surface area contributed by atoms with Crippen molar-refractivity contribution in [2.24, 2.45) is 0 Å². The van der Waals surface area contributed by atoms with Gasteiger partial charge in [-0.15, -0.1) is 0 Å². The minimum atomic E-state index is -1.52. The molecule has 2 saturated heterocycles. The molecule has 2 fully saturated rings. The second-order valence-electron chi connectivity index (χ2n) is 2.83. The number of hydrogen-bond acceptors (Lipinski definition) is 6. The van der Waals surface area contributed by atoms with Gasteiger partial charge in [0.25, 0.3) is 0 Å². The molecular weight excluding hydrogens is 168 g/mol. The van der Waals surface area contributed by atoms with E-state index in [1.165, 1.54) is 0 Å². The summed E-state index contributed by atoms with van der Waals surface area (Å²) in [6.07, 6.45) is -5.97. The Morgan fingerprint density at radius 3 is 2.42 bits per heavy atom. The van der Waals surface area contributed by atoms with Gasteiger partial charge in [0.2, 0.25) is 0 Å². The van der Waals surface area contributed by atoms with Crippen LogP contribution in [0.5, 0.6) is 0 Å². The van der Waals surface area contributed by atoms with E-state index in [1.54, 1.807) is 0 Å². The fourth-order valence-corrected chi connectivity index (χ4v) is 1.30. The predicted octanol–water partition coefficient (Wildman–Crippen LogP) is -2.65. The Morgan fingerprint density at radius 1 is 1.17 bits per heavy atom. The van der Waals surface area contributed by atoms with Crippen molar-refractivity contribution in [3.05, 3.63) is 0 Å². The Labute approximate surface area is 67.3 Å². The Kier molecular flexibility index (Phi) is 1.58. The number of carbonyl (C=O) groups is 1. The molecule has 3 N–H and O–H groups in total. The third kappa shape index (κ3) is 0.862. The Morgan fingerprint density at radius 2 is 1.83 bits per heavy atom. The summed E-state index contributed by atoms with van der Waals surface area (Å²) in [5, 5.41) is 27.2. The predicted molar refractivity (Wildman–Crippen MR) is 32.8 cm³/mol. The van der Waals surface area contributed by atoms with Crippen molar-refractivity contribution in [2.75, 3.05) is 0 Å². The third-order valence-electron chi connectivity index (χ3n) is 2.05. The lowest BCUT2D eigenvalue weighted by atomic mass is 9.95. The zero-order valence-corrected chi connectivity index (χ0v) is 5.95. The fraction of sp³-hybridized carbons (Fsp3) is 0.833. The molecule has 0 aromatic rings. The Balaban J connectivity index is 2.12. The zero-order valence-electron chi connectivity index (χ0n) is 5.95. The highest BCUT2D eigenvalue weighted by Crippen LogP contribution is 2.30. The first-order chi connectivity index (χ1) is 5.61. The lowest BCUT2D eigenvalue weighted by Gasteiger charge is -2.45. The van der Waals surface area contributed by atoms with Gasteiger partial charge in [0.15, 0.2) is 18.5 Å². The molecule has 0 saturated carbocycles. The second-order valence-corrected chi connectivity index (χ2v) is 2.83. The molecule has 5 atom stereocenters. The SMILES string of the molecule is O=C1O[C@H]2[C@H](O)[C@H](O)[C@H](O)O[C@H]12. The number of carbonyl (C=O) groups excluding carboxylic acids is 1. The number of aliphatic hydroxyl groups excluding tert-OH is 3. The van der Waals surface area contributed by atoms with Crippen LogP contribution in [0, 0.1) is 0 Å². The number of ether oxygens (including phenoxy) is 2. The molecule has 6 heteroatoms. The Bertz CT molecular complexity index is 216. The van der Waals surface area contributed by atoms with Crippen molar-refractivity contribution < 1.29 is 29.6 Å². The molecule has 0 aromatic heterocycles. The van der Waals surface area contributed by atoms with Crippen molar-refractivity contribution in [3.63, 3.8) is 0 Å². The van der Waals surface area contributed by atoms with Gasteiger partial charge in [0.1, 0.15) is 12.2 Å². The van der Waals surface area contributed by atoms with Crippen LogP contribution in [0.1, 0.15) is 0 Å². The van der Waals surface area contributed by atoms with E-state index in [0.717, 1.165) is 0 Å². The lowest BCUT2D eigenvalue weighted by molar-refractivity contribution is -0.315. The maximum absolute atomic E-state index is 10.6. The molecule has 2 heterocycles. The minimum absolute atomic E-state index is 0.620. The van der Waals surface area contributed by atoms with Crippen LogP contribution in [-0.4, -0.2) is 52.0 Å². The first kappa shape index (κ1) is 7.93. The molecule has 0 spiro atoms. The summed E-state index contributed by atoms with van der Waals surface area (Å²) in [6.45, 7) is 0. The van der Waals surface area contributed by atoms with Crippen molar-refractivity contribution in [1.29, 1.82) is 0 Å². The summed E-state index contributed by atoms with van der Waals surface area (Å²) in [5.41, 5.74) is 0. The molecule has 0 bridgehead atoms. The van der Waals surface area contributed by atoms with Crippen LogP contribution in [0.3, 0.4) is 0 Å². The second kappa shape index (κ2) is 2.40. The number of esters is 1. The summed E-state index contributed by atoms with van der Waals surface area (Å²) in [5.74, 6) is -0.620. The van der Waals surface area contributed by atoms with E-state index < -0.39 is 36.7 Å². The first-order valence-electron chi connectivity index (χ1n) is 3.51. The fourth-order valence-electron chi connectivity index (χ4n) is 1.30. The van der Waals surface area contributed by atoms with Crippen LogP contribution in [-0.2, 0) is 14.3 Å². The quantitative estimate of drug-likeness (QED) is 0.349. The largest absolute Gasteiger partial charge is 0.454 e. The van der Waals surface area contributed by atoms with Gasteiger partial charge >= 0.3 is 5.97 Å². The minimum Gasteiger partial charge on any atom is -0.454 e. The summed E-state index contributed by atoms with van der Waals surface area (Å²) < 4.78 is 9.14. The van der Waals surface area contributed by atoms with E-state index in [-0.39, 0.29) is 0 Å². The van der Waals surface area contributed by atoms with Gasteiger partial charge in [0, 0.05) is 0 Å². The molecule has 6 nitrogen and oxygen atoms in total. The van der Waals surface area contributed by atoms with Gasteiger partial charge in [-0.25, -0.2) is 4.79 Å². The average molecular weight is 176 g/mol. The maximum Gasteiger partial charge on any atom is 0.339 e. The van der Waals surface area contributed by atoms with Gasteiger partial charge in [-0.1, -0.05) is 0 Å². The van der Waals surface area contributed by atoms with Crippen LogP contribution in [0.15, 0.2) is 0 Å². The molecule has 2 aliphatic heterocycles. The van der Waals surface area contributed by atoms with Gasteiger partial charge < -0.3 is 24.8 Å². The summed E-state index contributed by atoms with van der Waals surface area (Å²) in [4.78, 5) is 10.6. The molecule has 12 heavy (non-hydrogen) atoms. The van der Waals surface area contributed by atoms with Crippen LogP contribution < -0.4 is 0 Å². The number of fused-ring (bicyclic) bond motifs is 1. The molecule has 0 aromatic carbocycles. The maximum atomic E-state index is 10.6. The van der Waals surface area contributed by atoms with Crippen LogP contribution in [0.2, 0.25) is 0 Å². The van der Waals surface area contributed by atoms with Crippen molar-refractivity contribution in [1.82, 2.24) is 0 Å². The van der Waals surface area contributed by atoms with E-state index in [1.807, 2.05) is 0 Å². The van der Waals surface area contributed by atoms with Gasteiger partial charge in [0.05, 0.1) is 0 Å². The molecule has 0 amide bonds. The van der Waals surface area contributed by atoms with E-state index >= 15 is 0 Å². The zero-order chi connectivity index (χ0) is 8.88. The molecule has 0 unspecified atom stereocenters. The van der Waals surface area contributed by atoms with E-state index in [0.29, 0.717) is 0 Å².